The third kappa shape index (κ3) is 5.69. The van der Waals surface area contributed by atoms with Gasteiger partial charge >= 0.3 is 0 Å². The number of nitrogens with zero attached hydrogens (tertiary/aromatic N) is 1. The van der Waals surface area contributed by atoms with Crippen molar-refractivity contribution >= 4 is 11.7 Å². The molecule has 174 valence electrons. The van der Waals surface area contributed by atoms with Crippen molar-refractivity contribution in [3.8, 4) is 0 Å². The molecule has 0 radical (unpaired) electrons. The molecule has 3 aromatic rings. The summed E-state index contributed by atoms with van der Waals surface area (Å²) >= 11 is 0. The summed E-state index contributed by atoms with van der Waals surface area (Å²) < 4.78 is 4.99. The molecule has 1 N–H and O–H groups in total. The lowest BCUT2D eigenvalue weighted by atomic mass is 9.86. The molecule has 33 heavy (non-hydrogen) atoms. The largest absolute Gasteiger partial charge is 0.373 e. The van der Waals surface area contributed by atoms with E-state index in [0.717, 1.165) is 17.2 Å². The summed E-state index contributed by atoms with van der Waals surface area (Å²) in [5, 5.41) is 2.13. The number of amides is 1. The number of H-pyrrole nitrogens is 1. The van der Waals surface area contributed by atoms with Crippen LogP contribution in [0.4, 0.5) is 0 Å². The lowest BCUT2D eigenvalue weighted by Crippen LogP contribution is -2.36. The normalized spacial score (nSPS) is 12.6. The first-order valence-electron chi connectivity index (χ1n) is 11.1. The Kier molecular flexibility index (Phi) is 7.06. The highest BCUT2D eigenvalue weighted by Crippen LogP contribution is 2.27. The van der Waals surface area contributed by atoms with Crippen LogP contribution in [0.1, 0.15) is 79.4 Å². The number of hydrogen-bond acceptors (Lipinski definition) is 4. The van der Waals surface area contributed by atoms with Crippen LogP contribution in [-0.2, 0) is 16.6 Å². The van der Waals surface area contributed by atoms with Gasteiger partial charge in [-0.2, -0.15) is 5.16 Å². The molecule has 1 amide bonds. The van der Waals surface area contributed by atoms with Crippen molar-refractivity contribution in [2.45, 2.75) is 58.4 Å². The van der Waals surface area contributed by atoms with Crippen molar-refractivity contribution in [3.63, 3.8) is 0 Å². The summed E-state index contributed by atoms with van der Waals surface area (Å²) in [6.45, 7) is 10.6. The van der Waals surface area contributed by atoms with Crippen molar-refractivity contribution < 1.29 is 14.1 Å². The number of Topliss-reactive ketones (excluding diaryl/α,β-unsaturated/α-hetero) is 1. The summed E-state index contributed by atoms with van der Waals surface area (Å²) in [4.78, 5) is 39.3. The van der Waals surface area contributed by atoms with Crippen molar-refractivity contribution in [2.75, 3.05) is 7.05 Å². The Hall–Kier alpha value is -3.41. The second kappa shape index (κ2) is 9.61. The summed E-state index contributed by atoms with van der Waals surface area (Å²) in [5.41, 5.74) is 3.45. The fourth-order valence-corrected chi connectivity index (χ4v) is 3.79. The fraction of sp³-hybridized carbons (Fsp3) is 0.370. The van der Waals surface area contributed by atoms with E-state index in [1.165, 1.54) is 10.5 Å². The Morgan fingerprint density at radius 1 is 0.970 bits per heavy atom. The minimum Gasteiger partial charge on any atom is -0.373 e. The number of likely N-dealkylation sites (N-methyl/N-ethyl adjacent to an activating group) is 1. The molecule has 1 aromatic heterocycles. The number of benzene rings is 2. The highest BCUT2D eigenvalue weighted by Gasteiger charge is 2.31. The summed E-state index contributed by atoms with van der Waals surface area (Å²) in [5.74, 6) is -0.441. The molecule has 1 heterocycles. The van der Waals surface area contributed by atoms with E-state index in [2.05, 4.69) is 39.8 Å². The SMILES string of the molecule is CC(C)c1ccc(C(C(=O)Cc2ccc(C(C)(C)C)cc2)N(C)C(=O)c2cc(=O)[nH]o2)cc1. The Morgan fingerprint density at radius 2 is 1.55 bits per heavy atom. The molecule has 0 saturated carbocycles. The molecule has 6 nitrogen and oxygen atoms in total. The molecule has 1 atom stereocenters. The third-order valence-corrected chi connectivity index (χ3v) is 5.86. The summed E-state index contributed by atoms with van der Waals surface area (Å²) in [6.07, 6.45) is 0.176. The first kappa shape index (κ1) is 24.2. The molecular weight excluding hydrogens is 416 g/mol. The summed E-state index contributed by atoms with van der Waals surface area (Å²) in [7, 11) is 1.55. The highest BCUT2D eigenvalue weighted by atomic mass is 16.5. The van der Waals surface area contributed by atoms with E-state index in [1.54, 1.807) is 7.05 Å². The smallest absolute Gasteiger partial charge is 0.293 e. The first-order chi connectivity index (χ1) is 15.5. The zero-order chi connectivity index (χ0) is 24.3. The molecule has 0 aliphatic rings. The molecule has 1 unspecified atom stereocenters. The van der Waals surface area contributed by atoms with Crippen LogP contribution < -0.4 is 5.56 Å². The molecule has 0 spiro atoms. The molecule has 0 bridgehead atoms. The zero-order valence-corrected chi connectivity index (χ0v) is 20.1. The van der Waals surface area contributed by atoms with Gasteiger partial charge in [0.1, 0.15) is 6.04 Å². The Bertz CT molecular complexity index is 1160. The van der Waals surface area contributed by atoms with E-state index in [-0.39, 0.29) is 23.4 Å². The standard InChI is InChI=1S/C27H32N2O4/c1-17(2)19-9-11-20(12-10-19)25(29(6)26(32)23-16-24(31)28-33-23)22(30)15-18-7-13-21(14-8-18)27(3,4)5/h7-14,16-17,25H,15H2,1-6H3,(H,28,31). The number of carbonyl (C=O) groups is 2. The van der Waals surface area contributed by atoms with Crippen molar-refractivity contribution in [1.29, 1.82) is 0 Å². The van der Waals surface area contributed by atoms with Crippen LogP contribution >= 0.6 is 0 Å². The van der Waals surface area contributed by atoms with Crippen molar-refractivity contribution in [3.05, 3.63) is 93.0 Å². The number of carbonyl (C=O) groups excluding carboxylic acids is 2. The van der Waals surface area contributed by atoms with Gasteiger partial charge in [-0.15, -0.1) is 0 Å². The van der Waals surface area contributed by atoms with Gasteiger partial charge in [-0.3, -0.25) is 14.4 Å². The average molecular weight is 449 g/mol. The van der Waals surface area contributed by atoms with Gasteiger partial charge in [-0.1, -0.05) is 83.1 Å². The van der Waals surface area contributed by atoms with E-state index in [4.69, 9.17) is 4.52 Å². The average Bonchev–Trinajstić information content (AvgIpc) is 3.19. The van der Waals surface area contributed by atoms with Gasteiger partial charge in [-0.05, 0) is 33.6 Å². The number of aromatic nitrogens is 1. The van der Waals surface area contributed by atoms with Crippen LogP contribution in [0, 0.1) is 0 Å². The van der Waals surface area contributed by atoms with Gasteiger partial charge in [0.15, 0.2) is 5.78 Å². The third-order valence-electron chi connectivity index (χ3n) is 5.86. The van der Waals surface area contributed by atoms with Gasteiger partial charge in [0.2, 0.25) is 5.76 Å². The van der Waals surface area contributed by atoms with E-state index in [0.29, 0.717) is 11.5 Å². The number of ketones is 1. The van der Waals surface area contributed by atoms with Gasteiger partial charge in [0, 0.05) is 13.5 Å². The van der Waals surface area contributed by atoms with Gasteiger partial charge in [0.25, 0.3) is 11.5 Å². The topological polar surface area (TPSA) is 83.4 Å². The van der Waals surface area contributed by atoms with Gasteiger partial charge < -0.3 is 9.42 Å². The fourth-order valence-electron chi connectivity index (χ4n) is 3.79. The molecule has 0 aliphatic heterocycles. The molecule has 2 aromatic carbocycles. The second-order valence-electron chi connectivity index (χ2n) is 9.81. The molecule has 0 fully saturated rings. The summed E-state index contributed by atoms with van der Waals surface area (Å²) in [6, 6.07) is 16.0. The maximum Gasteiger partial charge on any atom is 0.293 e. The predicted molar refractivity (Wildman–Crippen MR) is 129 cm³/mol. The first-order valence-corrected chi connectivity index (χ1v) is 11.1. The number of hydrogen-bond donors (Lipinski definition) is 1. The van der Waals surface area contributed by atoms with Crippen molar-refractivity contribution in [1.82, 2.24) is 10.1 Å². The monoisotopic (exact) mass is 448 g/mol. The van der Waals surface area contributed by atoms with E-state index in [1.807, 2.05) is 48.5 Å². The quantitative estimate of drug-likeness (QED) is 0.550. The second-order valence-corrected chi connectivity index (χ2v) is 9.81. The van der Waals surface area contributed by atoms with Crippen LogP contribution in [0.3, 0.4) is 0 Å². The Balaban J connectivity index is 1.92. The van der Waals surface area contributed by atoms with Gasteiger partial charge in [0.05, 0.1) is 6.07 Å². The van der Waals surface area contributed by atoms with Crippen LogP contribution in [0.2, 0.25) is 0 Å². The Morgan fingerprint density at radius 3 is 2.03 bits per heavy atom. The zero-order valence-electron chi connectivity index (χ0n) is 20.1. The van der Waals surface area contributed by atoms with Crippen LogP contribution in [0.25, 0.3) is 0 Å². The maximum absolute atomic E-state index is 13.5. The van der Waals surface area contributed by atoms with Crippen LogP contribution in [0.15, 0.2) is 63.9 Å². The number of nitrogens with one attached hydrogen (secondary N) is 1. The number of aromatic amines is 1. The lowest BCUT2D eigenvalue weighted by molar-refractivity contribution is -0.122. The molecule has 6 heteroatoms. The molecule has 0 aliphatic carbocycles. The minimum absolute atomic E-state index is 0.0242. The van der Waals surface area contributed by atoms with Crippen LogP contribution in [-0.4, -0.2) is 28.8 Å². The molecule has 0 saturated heterocycles. The Labute approximate surface area is 194 Å². The van der Waals surface area contributed by atoms with E-state index >= 15 is 0 Å². The highest BCUT2D eigenvalue weighted by molar-refractivity contribution is 5.96. The van der Waals surface area contributed by atoms with Crippen molar-refractivity contribution in [2.24, 2.45) is 0 Å². The predicted octanol–water partition coefficient (Wildman–Crippen LogP) is 5.01. The van der Waals surface area contributed by atoms with E-state index < -0.39 is 17.5 Å². The minimum atomic E-state index is -0.818. The van der Waals surface area contributed by atoms with Crippen LogP contribution in [0.5, 0.6) is 0 Å². The maximum atomic E-state index is 13.5. The molecule has 3 rings (SSSR count). The van der Waals surface area contributed by atoms with E-state index in [9.17, 15) is 14.4 Å². The van der Waals surface area contributed by atoms with Gasteiger partial charge in [-0.25, -0.2) is 0 Å². The lowest BCUT2D eigenvalue weighted by Gasteiger charge is -2.27. The molecular formula is C27H32N2O4. The number of rotatable bonds is 7.